The first kappa shape index (κ1) is 15.7. The third-order valence-electron chi connectivity index (χ3n) is 2.97. The van der Waals surface area contributed by atoms with Crippen LogP contribution in [0.25, 0.3) is 0 Å². The van der Waals surface area contributed by atoms with E-state index in [1.807, 2.05) is 19.9 Å². The third kappa shape index (κ3) is 3.91. The number of rotatable bonds is 5. The minimum absolute atomic E-state index is 0.0514. The average molecular weight is 300 g/mol. The molecule has 0 bridgehead atoms. The Morgan fingerprint density at radius 2 is 1.91 bits per heavy atom. The van der Waals surface area contributed by atoms with Crippen LogP contribution in [-0.2, 0) is 0 Å². The summed E-state index contributed by atoms with van der Waals surface area (Å²) in [5.41, 5.74) is 7.40. The molecule has 5 nitrogen and oxygen atoms in total. The lowest BCUT2D eigenvalue weighted by Crippen LogP contribution is -2.14. The molecule has 0 unspecified atom stereocenters. The van der Waals surface area contributed by atoms with Crippen LogP contribution < -0.4 is 20.5 Å². The minimum atomic E-state index is -0.244. The molecule has 2 aromatic carbocycles. The molecule has 2 rings (SSSR count). The fraction of sp³-hybridized carbons (Fsp3) is 0.235. The second-order valence-corrected chi connectivity index (χ2v) is 5.10. The Kier molecular flexibility index (Phi) is 4.88. The van der Waals surface area contributed by atoms with Gasteiger partial charge in [0.15, 0.2) is 0 Å². The molecule has 0 atom stereocenters. The second kappa shape index (κ2) is 6.85. The number of hydrogen-bond acceptors (Lipinski definition) is 4. The van der Waals surface area contributed by atoms with Gasteiger partial charge in [-0.2, -0.15) is 0 Å². The van der Waals surface area contributed by atoms with Gasteiger partial charge >= 0.3 is 0 Å². The molecule has 1 amide bonds. The summed E-state index contributed by atoms with van der Waals surface area (Å²) >= 11 is 0. The van der Waals surface area contributed by atoms with Crippen LogP contribution in [0.4, 0.5) is 11.4 Å². The maximum atomic E-state index is 12.3. The van der Waals surface area contributed by atoms with Crippen molar-refractivity contribution in [2.24, 2.45) is 0 Å². The molecule has 5 heteroatoms. The average Bonchev–Trinajstić information content (AvgIpc) is 2.48. The van der Waals surface area contributed by atoms with Gasteiger partial charge in [0.25, 0.3) is 5.91 Å². The number of carbonyl (C=O) groups excluding carboxylic acids is 1. The number of hydrogen-bond donors (Lipinski definition) is 2. The van der Waals surface area contributed by atoms with E-state index >= 15 is 0 Å². The minimum Gasteiger partial charge on any atom is -0.497 e. The zero-order valence-corrected chi connectivity index (χ0v) is 12.9. The molecule has 0 saturated heterocycles. The van der Waals surface area contributed by atoms with E-state index in [1.165, 1.54) is 0 Å². The van der Waals surface area contributed by atoms with E-state index in [9.17, 15) is 4.79 Å². The van der Waals surface area contributed by atoms with Gasteiger partial charge in [-0.1, -0.05) is 6.07 Å². The summed E-state index contributed by atoms with van der Waals surface area (Å²) in [6.45, 7) is 3.87. The topological polar surface area (TPSA) is 73.6 Å². The first-order valence-electron chi connectivity index (χ1n) is 7.01. The molecule has 0 spiro atoms. The lowest BCUT2D eigenvalue weighted by molar-refractivity contribution is 0.102. The molecule has 0 aliphatic heterocycles. The van der Waals surface area contributed by atoms with Gasteiger partial charge in [-0.3, -0.25) is 4.79 Å². The van der Waals surface area contributed by atoms with Crippen LogP contribution in [0.2, 0.25) is 0 Å². The van der Waals surface area contributed by atoms with Gasteiger partial charge in [-0.05, 0) is 44.2 Å². The van der Waals surface area contributed by atoms with Crippen LogP contribution in [0, 0.1) is 0 Å². The molecule has 0 fully saturated rings. The largest absolute Gasteiger partial charge is 0.497 e. The van der Waals surface area contributed by atoms with Crippen LogP contribution in [0.3, 0.4) is 0 Å². The van der Waals surface area contributed by atoms with Gasteiger partial charge in [0, 0.05) is 11.6 Å². The first-order chi connectivity index (χ1) is 10.5. The van der Waals surface area contributed by atoms with Crippen molar-refractivity contribution in [3.8, 4) is 11.5 Å². The number of nitrogens with one attached hydrogen (secondary N) is 1. The van der Waals surface area contributed by atoms with Crippen LogP contribution in [-0.4, -0.2) is 19.1 Å². The molecule has 0 heterocycles. The van der Waals surface area contributed by atoms with E-state index in [0.717, 1.165) is 0 Å². The lowest BCUT2D eigenvalue weighted by Gasteiger charge is -2.12. The highest BCUT2D eigenvalue weighted by Crippen LogP contribution is 2.25. The fourth-order valence-electron chi connectivity index (χ4n) is 1.96. The summed E-state index contributed by atoms with van der Waals surface area (Å²) < 4.78 is 10.7. The SMILES string of the molecule is COc1ccc(NC(=O)c2cccc(OC(C)C)c2)c(N)c1. The molecule has 0 saturated carbocycles. The smallest absolute Gasteiger partial charge is 0.255 e. The highest BCUT2D eigenvalue weighted by Gasteiger charge is 2.10. The van der Waals surface area contributed by atoms with Crippen LogP contribution >= 0.6 is 0 Å². The Morgan fingerprint density at radius 3 is 2.55 bits per heavy atom. The van der Waals surface area contributed by atoms with Crippen molar-refractivity contribution in [1.82, 2.24) is 0 Å². The van der Waals surface area contributed by atoms with Gasteiger partial charge in [-0.25, -0.2) is 0 Å². The van der Waals surface area contributed by atoms with Crippen LogP contribution in [0.1, 0.15) is 24.2 Å². The Bertz CT molecular complexity index is 669. The van der Waals surface area contributed by atoms with Crippen molar-refractivity contribution in [2.45, 2.75) is 20.0 Å². The van der Waals surface area contributed by atoms with Crippen molar-refractivity contribution in [3.63, 3.8) is 0 Å². The fourth-order valence-corrected chi connectivity index (χ4v) is 1.96. The summed E-state index contributed by atoms with van der Waals surface area (Å²) in [6.07, 6.45) is 0.0514. The van der Waals surface area contributed by atoms with Gasteiger partial charge in [-0.15, -0.1) is 0 Å². The molecule has 22 heavy (non-hydrogen) atoms. The number of nitrogens with two attached hydrogens (primary N) is 1. The van der Waals surface area contributed by atoms with Gasteiger partial charge in [0.2, 0.25) is 0 Å². The monoisotopic (exact) mass is 300 g/mol. The standard InChI is InChI=1S/C17H20N2O3/c1-11(2)22-14-6-4-5-12(9-14)17(20)19-16-8-7-13(21-3)10-15(16)18/h4-11H,18H2,1-3H3,(H,19,20). The van der Waals surface area contributed by atoms with E-state index in [4.69, 9.17) is 15.2 Å². The molecule has 0 aromatic heterocycles. The number of ether oxygens (including phenoxy) is 2. The predicted octanol–water partition coefficient (Wildman–Crippen LogP) is 3.32. The van der Waals surface area contributed by atoms with E-state index in [0.29, 0.717) is 28.4 Å². The Balaban J connectivity index is 2.15. The molecule has 0 aliphatic carbocycles. The predicted molar refractivity (Wildman–Crippen MR) is 87.6 cm³/mol. The zero-order chi connectivity index (χ0) is 16.1. The summed E-state index contributed by atoms with van der Waals surface area (Å²) in [7, 11) is 1.56. The summed E-state index contributed by atoms with van der Waals surface area (Å²) in [6, 6.07) is 12.1. The van der Waals surface area contributed by atoms with Crippen molar-refractivity contribution < 1.29 is 14.3 Å². The summed E-state index contributed by atoms with van der Waals surface area (Å²) in [5, 5.41) is 2.78. The lowest BCUT2D eigenvalue weighted by atomic mass is 10.2. The maximum Gasteiger partial charge on any atom is 0.255 e. The third-order valence-corrected chi connectivity index (χ3v) is 2.97. The van der Waals surface area contributed by atoms with Crippen molar-refractivity contribution in [3.05, 3.63) is 48.0 Å². The molecular formula is C17H20N2O3. The molecule has 0 aliphatic rings. The molecular weight excluding hydrogens is 280 g/mol. The van der Waals surface area contributed by atoms with E-state index in [1.54, 1.807) is 43.5 Å². The van der Waals surface area contributed by atoms with Crippen molar-refractivity contribution in [1.29, 1.82) is 0 Å². The molecule has 2 aromatic rings. The Hall–Kier alpha value is -2.69. The van der Waals surface area contributed by atoms with Crippen molar-refractivity contribution in [2.75, 3.05) is 18.2 Å². The van der Waals surface area contributed by atoms with Crippen LogP contribution in [0.15, 0.2) is 42.5 Å². The van der Waals surface area contributed by atoms with Crippen molar-refractivity contribution >= 4 is 17.3 Å². The second-order valence-electron chi connectivity index (χ2n) is 5.10. The Labute approximate surface area is 130 Å². The summed E-state index contributed by atoms with van der Waals surface area (Å²) in [5.74, 6) is 1.05. The molecule has 3 N–H and O–H groups in total. The normalized spacial score (nSPS) is 10.4. The van der Waals surface area contributed by atoms with Gasteiger partial charge in [0.05, 0.1) is 24.6 Å². The molecule has 116 valence electrons. The first-order valence-corrected chi connectivity index (χ1v) is 7.01. The van der Waals surface area contributed by atoms with Crippen LogP contribution in [0.5, 0.6) is 11.5 Å². The van der Waals surface area contributed by atoms with E-state index in [-0.39, 0.29) is 12.0 Å². The number of benzene rings is 2. The number of nitrogen functional groups attached to an aromatic ring is 1. The van der Waals surface area contributed by atoms with E-state index in [2.05, 4.69) is 5.32 Å². The highest BCUT2D eigenvalue weighted by atomic mass is 16.5. The maximum absolute atomic E-state index is 12.3. The van der Waals surface area contributed by atoms with Gasteiger partial charge < -0.3 is 20.5 Å². The van der Waals surface area contributed by atoms with Gasteiger partial charge in [0.1, 0.15) is 11.5 Å². The molecule has 0 radical (unpaired) electrons. The summed E-state index contributed by atoms with van der Waals surface area (Å²) in [4.78, 5) is 12.3. The number of methoxy groups -OCH3 is 1. The highest BCUT2D eigenvalue weighted by molar-refractivity contribution is 6.06. The number of anilines is 2. The zero-order valence-electron chi connectivity index (χ0n) is 12.9. The number of carbonyl (C=O) groups is 1. The Morgan fingerprint density at radius 1 is 1.14 bits per heavy atom. The van der Waals surface area contributed by atoms with E-state index < -0.39 is 0 Å². The number of amides is 1. The quantitative estimate of drug-likeness (QED) is 0.831.